The highest BCUT2D eigenvalue weighted by Crippen LogP contribution is 2.42. The molecule has 1 N–H and O–H groups in total. The number of anilines is 2. The van der Waals surface area contributed by atoms with Crippen molar-refractivity contribution in [1.82, 2.24) is 15.0 Å². The molecule has 33 heavy (non-hydrogen) atoms. The number of rotatable bonds is 5. The van der Waals surface area contributed by atoms with E-state index in [9.17, 15) is 0 Å². The van der Waals surface area contributed by atoms with Gasteiger partial charge in [-0.2, -0.15) is 4.98 Å². The first-order chi connectivity index (χ1) is 16.0. The van der Waals surface area contributed by atoms with E-state index in [1.54, 1.807) is 6.20 Å². The number of hydrogen-bond donors (Lipinski definition) is 1. The molecular weight excluding hydrogens is 482 g/mol. The summed E-state index contributed by atoms with van der Waals surface area (Å²) in [4.78, 5) is 16.5. The van der Waals surface area contributed by atoms with Crippen LogP contribution in [-0.4, -0.2) is 53.4 Å². The second-order valence-corrected chi connectivity index (χ2v) is 10.5. The number of nitrogens with one attached hydrogen (secondary N) is 1. The van der Waals surface area contributed by atoms with E-state index in [4.69, 9.17) is 19.4 Å². The van der Waals surface area contributed by atoms with Gasteiger partial charge in [0.25, 0.3) is 0 Å². The van der Waals surface area contributed by atoms with E-state index in [-0.39, 0.29) is 6.10 Å². The average Bonchev–Trinajstić information content (AvgIpc) is 3.38. The van der Waals surface area contributed by atoms with Crippen LogP contribution in [0.4, 0.5) is 11.8 Å². The Morgan fingerprint density at radius 2 is 2.09 bits per heavy atom. The molecule has 3 aromatic rings. The van der Waals surface area contributed by atoms with Gasteiger partial charge in [0.1, 0.15) is 17.7 Å². The third-order valence-corrected chi connectivity index (χ3v) is 7.64. The van der Waals surface area contributed by atoms with Crippen molar-refractivity contribution in [2.75, 3.05) is 36.5 Å². The summed E-state index contributed by atoms with van der Waals surface area (Å²) in [5.74, 6) is 3.84. The van der Waals surface area contributed by atoms with Crippen molar-refractivity contribution < 1.29 is 9.47 Å². The predicted molar refractivity (Wildman–Crippen MR) is 132 cm³/mol. The SMILES string of the molecule is Cc1cc(OC2CCN(c3nc(N[C@@H]4C[C@@H]5COC[C@@H]54)c4cc(Br)cc(C)c4n3)C2)ccn1. The molecule has 4 heterocycles. The number of aryl methyl sites for hydroxylation is 2. The molecule has 2 saturated heterocycles. The molecule has 0 amide bonds. The summed E-state index contributed by atoms with van der Waals surface area (Å²) in [5, 5.41) is 4.81. The normalized spacial score (nSPS) is 26.3. The van der Waals surface area contributed by atoms with Crippen molar-refractivity contribution in [3.8, 4) is 5.75 Å². The van der Waals surface area contributed by atoms with Gasteiger partial charge in [0.05, 0.1) is 18.7 Å². The van der Waals surface area contributed by atoms with Crippen LogP contribution in [0.25, 0.3) is 10.9 Å². The highest BCUT2D eigenvalue weighted by Gasteiger charge is 2.45. The van der Waals surface area contributed by atoms with Gasteiger partial charge in [-0.25, -0.2) is 4.98 Å². The molecule has 0 radical (unpaired) electrons. The Morgan fingerprint density at radius 3 is 2.94 bits per heavy atom. The van der Waals surface area contributed by atoms with Gasteiger partial charge in [0.15, 0.2) is 0 Å². The molecule has 1 unspecified atom stereocenters. The lowest BCUT2D eigenvalue weighted by Crippen LogP contribution is -2.45. The van der Waals surface area contributed by atoms with E-state index in [1.165, 1.54) is 0 Å². The lowest BCUT2D eigenvalue weighted by Gasteiger charge is -2.39. The highest BCUT2D eigenvalue weighted by molar-refractivity contribution is 9.10. The molecule has 2 aliphatic heterocycles. The minimum Gasteiger partial charge on any atom is -0.488 e. The van der Waals surface area contributed by atoms with Gasteiger partial charge in [0, 0.05) is 59.3 Å². The summed E-state index contributed by atoms with van der Waals surface area (Å²) < 4.78 is 13.0. The fourth-order valence-electron chi connectivity index (χ4n) is 5.34. The van der Waals surface area contributed by atoms with Crippen molar-refractivity contribution in [3.05, 3.63) is 46.2 Å². The number of benzene rings is 1. The van der Waals surface area contributed by atoms with Crippen molar-refractivity contribution in [3.63, 3.8) is 0 Å². The quantitative estimate of drug-likeness (QED) is 0.542. The Bertz CT molecular complexity index is 1200. The summed E-state index contributed by atoms with van der Waals surface area (Å²) in [5.41, 5.74) is 3.10. The molecule has 172 valence electrons. The molecule has 4 atom stereocenters. The summed E-state index contributed by atoms with van der Waals surface area (Å²) in [6.07, 6.45) is 3.98. The predicted octanol–water partition coefficient (Wildman–Crippen LogP) is 4.51. The Hall–Kier alpha value is -2.45. The lowest BCUT2D eigenvalue weighted by atomic mass is 9.71. The van der Waals surface area contributed by atoms with Crippen LogP contribution in [0.2, 0.25) is 0 Å². The zero-order chi connectivity index (χ0) is 22.5. The number of hydrogen-bond acceptors (Lipinski definition) is 7. The van der Waals surface area contributed by atoms with Crippen molar-refractivity contribution in [2.24, 2.45) is 11.8 Å². The molecule has 0 spiro atoms. The van der Waals surface area contributed by atoms with Gasteiger partial charge in [-0.1, -0.05) is 15.9 Å². The van der Waals surface area contributed by atoms with Crippen LogP contribution in [0.3, 0.4) is 0 Å². The maximum Gasteiger partial charge on any atom is 0.228 e. The first-order valence-electron chi connectivity index (χ1n) is 11.7. The monoisotopic (exact) mass is 509 g/mol. The molecule has 1 aliphatic carbocycles. The Morgan fingerprint density at radius 1 is 1.18 bits per heavy atom. The lowest BCUT2D eigenvalue weighted by molar-refractivity contribution is 0.187. The molecule has 0 bridgehead atoms. The molecular formula is C25H28BrN5O2. The fourth-order valence-corrected chi connectivity index (χ4v) is 5.91. The van der Waals surface area contributed by atoms with Crippen LogP contribution >= 0.6 is 15.9 Å². The first-order valence-corrected chi connectivity index (χ1v) is 12.5. The fraction of sp³-hybridized carbons (Fsp3) is 0.480. The number of aromatic nitrogens is 3. The number of fused-ring (bicyclic) bond motifs is 2. The van der Waals surface area contributed by atoms with E-state index >= 15 is 0 Å². The van der Waals surface area contributed by atoms with Gasteiger partial charge in [-0.05, 0) is 49.9 Å². The minimum atomic E-state index is 0.108. The van der Waals surface area contributed by atoms with Crippen molar-refractivity contribution in [1.29, 1.82) is 0 Å². The standard InChI is InChI=1S/C25H28BrN5O2/c1-14-7-17(26)10-20-23(14)29-25(30-24(20)28-22-9-16-12-32-13-21(16)22)31-6-4-19(11-31)33-18-3-5-27-15(2)8-18/h3,5,7-8,10,16,19,21-22H,4,6,9,11-13H2,1-2H3,(H,28,29,30)/t16-,19?,21+,22-/m1/s1. The minimum absolute atomic E-state index is 0.108. The first kappa shape index (κ1) is 21.1. The second kappa shape index (κ2) is 8.40. The summed E-state index contributed by atoms with van der Waals surface area (Å²) in [6, 6.07) is 8.56. The third kappa shape index (κ3) is 4.04. The van der Waals surface area contributed by atoms with Gasteiger partial charge in [-0.15, -0.1) is 0 Å². The van der Waals surface area contributed by atoms with Crippen LogP contribution in [0, 0.1) is 25.7 Å². The highest BCUT2D eigenvalue weighted by atomic mass is 79.9. The van der Waals surface area contributed by atoms with E-state index in [1.807, 2.05) is 19.1 Å². The van der Waals surface area contributed by atoms with E-state index in [0.29, 0.717) is 17.9 Å². The Labute approximate surface area is 202 Å². The average molecular weight is 510 g/mol. The van der Waals surface area contributed by atoms with Crippen molar-refractivity contribution in [2.45, 2.75) is 38.8 Å². The smallest absolute Gasteiger partial charge is 0.228 e. The molecule has 1 saturated carbocycles. The summed E-state index contributed by atoms with van der Waals surface area (Å²) in [7, 11) is 0. The molecule has 8 heteroatoms. The molecule has 6 rings (SSSR count). The topological polar surface area (TPSA) is 72.4 Å². The van der Waals surface area contributed by atoms with Gasteiger partial charge >= 0.3 is 0 Å². The zero-order valence-electron chi connectivity index (χ0n) is 18.9. The number of ether oxygens (including phenoxy) is 2. The molecule has 3 aliphatic rings. The Kier molecular flexibility index (Phi) is 5.37. The molecule has 1 aromatic carbocycles. The zero-order valence-corrected chi connectivity index (χ0v) is 20.5. The maximum atomic E-state index is 6.23. The van der Waals surface area contributed by atoms with E-state index < -0.39 is 0 Å². The molecule has 3 fully saturated rings. The Balaban J connectivity index is 1.28. The van der Waals surface area contributed by atoms with E-state index in [0.717, 1.165) is 83.3 Å². The van der Waals surface area contributed by atoms with Crippen LogP contribution in [0.15, 0.2) is 34.9 Å². The number of nitrogens with zero attached hydrogens (tertiary/aromatic N) is 4. The summed E-state index contributed by atoms with van der Waals surface area (Å²) >= 11 is 3.65. The summed E-state index contributed by atoms with van der Waals surface area (Å²) in [6.45, 7) is 7.48. The van der Waals surface area contributed by atoms with E-state index in [2.05, 4.69) is 50.2 Å². The van der Waals surface area contributed by atoms with Gasteiger partial charge in [0.2, 0.25) is 5.95 Å². The second-order valence-electron chi connectivity index (χ2n) is 9.55. The van der Waals surface area contributed by atoms with Crippen LogP contribution in [0.5, 0.6) is 5.75 Å². The maximum absolute atomic E-state index is 6.23. The van der Waals surface area contributed by atoms with Crippen molar-refractivity contribution >= 4 is 38.6 Å². The molecule has 2 aromatic heterocycles. The third-order valence-electron chi connectivity index (χ3n) is 7.19. The number of halogens is 1. The van der Waals surface area contributed by atoms with Crippen LogP contribution < -0.4 is 15.0 Å². The van der Waals surface area contributed by atoms with Crippen LogP contribution in [0.1, 0.15) is 24.1 Å². The number of pyridine rings is 1. The largest absolute Gasteiger partial charge is 0.488 e. The molecule has 7 nitrogen and oxygen atoms in total. The van der Waals surface area contributed by atoms with Gasteiger partial charge in [-0.3, -0.25) is 4.98 Å². The van der Waals surface area contributed by atoms with Crippen LogP contribution in [-0.2, 0) is 4.74 Å². The van der Waals surface area contributed by atoms with Gasteiger partial charge < -0.3 is 19.7 Å².